The second-order valence-corrected chi connectivity index (χ2v) is 9.05. The molecule has 0 aliphatic carbocycles. The molecule has 26 heavy (non-hydrogen) atoms. The quantitative estimate of drug-likeness (QED) is 0.787. The summed E-state index contributed by atoms with van der Waals surface area (Å²) in [7, 11) is -2.01. The summed E-state index contributed by atoms with van der Waals surface area (Å²) in [5.74, 6) is 0.00821. The second-order valence-electron chi connectivity index (χ2n) is 6.18. The Labute approximate surface area is 156 Å². The van der Waals surface area contributed by atoms with Crippen LogP contribution in [0.15, 0.2) is 23.1 Å². The van der Waals surface area contributed by atoms with Crippen LogP contribution in [0.1, 0.15) is 23.1 Å². The summed E-state index contributed by atoms with van der Waals surface area (Å²) in [6.45, 7) is 4.60. The average Bonchev–Trinajstić information content (AvgIpc) is 3.03. The Kier molecular flexibility index (Phi) is 5.26. The zero-order chi connectivity index (χ0) is 18.9. The van der Waals surface area contributed by atoms with Gasteiger partial charge in [0.1, 0.15) is 5.01 Å². The van der Waals surface area contributed by atoms with Gasteiger partial charge in [-0.05, 0) is 50.6 Å². The van der Waals surface area contributed by atoms with Crippen LogP contribution in [0, 0.1) is 6.92 Å². The first kappa shape index (κ1) is 18.7. The minimum atomic E-state index is -3.75. The van der Waals surface area contributed by atoms with Gasteiger partial charge in [-0.25, -0.2) is 8.42 Å². The number of likely N-dealkylation sites (N-methyl/N-ethyl adjacent to an activating group) is 1. The lowest BCUT2D eigenvalue weighted by Crippen LogP contribution is -2.45. The van der Waals surface area contributed by atoms with Gasteiger partial charge in [0.05, 0.1) is 10.9 Å². The molecule has 0 unspecified atom stereocenters. The van der Waals surface area contributed by atoms with Crippen LogP contribution in [0.3, 0.4) is 0 Å². The lowest BCUT2D eigenvalue weighted by atomic mass is 9.99. The molecule has 10 heteroatoms. The minimum Gasteiger partial charge on any atom is -0.337 e. The number of fused-ring (bicyclic) bond motifs is 1. The van der Waals surface area contributed by atoms with Crippen molar-refractivity contribution in [2.75, 3.05) is 18.3 Å². The van der Waals surface area contributed by atoms with Crippen molar-refractivity contribution >= 4 is 32.4 Å². The number of amides is 1. The van der Waals surface area contributed by atoms with E-state index < -0.39 is 10.0 Å². The number of anilines is 1. The van der Waals surface area contributed by atoms with Gasteiger partial charge in [0.15, 0.2) is 0 Å². The zero-order valence-electron chi connectivity index (χ0n) is 14.8. The fourth-order valence-electron chi connectivity index (χ4n) is 2.80. The first-order chi connectivity index (χ1) is 12.3. The molecule has 0 saturated carbocycles. The van der Waals surface area contributed by atoms with Crippen molar-refractivity contribution in [1.82, 2.24) is 20.4 Å². The van der Waals surface area contributed by atoms with Gasteiger partial charge in [0.2, 0.25) is 11.0 Å². The molecule has 140 valence electrons. The van der Waals surface area contributed by atoms with E-state index >= 15 is 0 Å². The minimum absolute atomic E-state index is 0.00821. The maximum atomic E-state index is 12.6. The second kappa shape index (κ2) is 7.29. The molecular weight excluding hydrogens is 374 g/mol. The third kappa shape index (κ3) is 3.87. The van der Waals surface area contributed by atoms with Gasteiger partial charge in [0.25, 0.3) is 10.0 Å². The van der Waals surface area contributed by atoms with Crippen LogP contribution in [0.2, 0.25) is 0 Å². The lowest BCUT2D eigenvalue weighted by molar-refractivity contribution is -0.133. The van der Waals surface area contributed by atoms with Crippen molar-refractivity contribution in [3.05, 3.63) is 34.3 Å². The molecule has 1 aromatic carbocycles. The van der Waals surface area contributed by atoms with E-state index in [-0.39, 0.29) is 22.0 Å². The van der Waals surface area contributed by atoms with Crippen molar-refractivity contribution in [3.63, 3.8) is 0 Å². The largest absolute Gasteiger partial charge is 0.337 e. The molecule has 1 amide bonds. The Morgan fingerprint density at radius 3 is 2.73 bits per heavy atom. The lowest BCUT2D eigenvalue weighted by Gasteiger charge is -2.31. The smallest absolute Gasteiger partial charge is 0.263 e. The molecule has 2 aromatic rings. The molecule has 2 N–H and O–H groups in total. The number of aromatic nitrogens is 2. The molecule has 0 saturated heterocycles. The van der Waals surface area contributed by atoms with E-state index in [1.807, 2.05) is 13.0 Å². The normalized spacial score (nSPS) is 15.4. The third-order valence-electron chi connectivity index (χ3n) is 4.36. The third-order valence-corrected chi connectivity index (χ3v) is 6.58. The highest BCUT2D eigenvalue weighted by Crippen LogP contribution is 2.25. The van der Waals surface area contributed by atoms with E-state index in [1.165, 1.54) is 11.3 Å². The van der Waals surface area contributed by atoms with Crippen molar-refractivity contribution in [1.29, 1.82) is 0 Å². The molecule has 0 bridgehead atoms. The molecule has 1 aromatic heterocycles. The fraction of sp³-hybridized carbons (Fsp3) is 0.438. The van der Waals surface area contributed by atoms with Crippen molar-refractivity contribution in [3.8, 4) is 0 Å². The van der Waals surface area contributed by atoms with Gasteiger partial charge in [-0.15, -0.1) is 10.2 Å². The summed E-state index contributed by atoms with van der Waals surface area (Å²) in [5.41, 5.74) is 1.92. The number of carbonyl (C=O) groups excluding carboxylic acids is 1. The first-order valence-electron chi connectivity index (χ1n) is 8.21. The first-order valence-corrected chi connectivity index (χ1v) is 10.5. The van der Waals surface area contributed by atoms with Gasteiger partial charge < -0.3 is 10.2 Å². The predicted molar refractivity (Wildman–Crippen MR) is 99.5 cm³/mol. The van der Waals surface area contributed by atoms with Gasteiger partial charge in [0, 0.05) is 13.1 Å². The Bertz CT molecular complexity index is 926. The van der Waals surface area contributed by atoms with Gasteiger partial charge >= 0.3 is 0 Å². The zero-order valence-corrected chi connectivity index (χ0v) is 16.4. The van der Waals surface area contributed by atoms with E-state index in [2.05, 4.69) is 20.2 Å². The fourth-order valence-corrected chi connectivity index (χ4v) is 4.67. The van der Waals surface area contributed by atoms with E-state index in [0.717, 1.165) is 11.1 Å². The summed E-state index contributed by atoms with van der Waals surface area (Å²) in [6, 6.07) is 4.77. The number of nitrogens with zero attached hydrogens (tertiary/aromatic N) is 3. The Morgan fingerprint density at radius 1 is 1.31 bits per heavy atom. The van der Waals surface area contributed by atoms with Crippen LogP contribution in [0.4, 0.5) is 5.13 Å². The number of hydrogen-bond acceptors (Lipinski definition) is 7. The van der Waals surface area contributed by atoms with Crippen LogP contribution in [-0.2, 0) is 27.8 Å². The topological polar surface area (TPSA) is 104 Å². The maximum Gasteiger partial charge on any atom is 0.263 e. The standard InChI is InChI=1S/C16H21N5O3S2/c1-10(17-3)15(22)21-7-6-12-4-5-14(8-13(12)9-21)26(23,24)20-16-19-18-11(2)25-16/h4-5,8,10,17H,6-7,9H2,1-3H3,(H,19,20)/t10-/m0/s1. The molecule has 0 radical (unpaired) electrons. The van der Waals surface area contributed by atoms with E-state index in [9.17, 15) is 13.2 Å². The molecule has 2 heterocycles. The Balaban J connectivity index is 1.83. The van der Waals surface area contributed by atoms with Crippen LogP contribution in [0.5, 0.6) is 0 Å². The number of carbonyl (C=O) groups is 1. The average molecular weight is 396 g/mol. The van der Waals surface area contributed by atoms with Crippen LogP contribution in [0.25, 0.3) is 0 Å². The summed E-state index contributed by atoms with van der Waals surface area (Å²) in [4.78, 5) is 14.3. The van der Waals surface area contributed by atoms with E-state index in [1.54, 1.807) is 31.0 Å². The Morgan fingerprint density at radius 2 is 2.08 bits per heavy atom. The number of nitrogens with one attached hydrogen (secondary N) is 2. The van der Waals surface area contributed by atoms with Crippen LogP contribution in [-0.4, -0.2) is 49.1 Å². The number of aryl methyl sites for hydroxylation is 1. The summed E-state index contributed by atoms with van der Waals surface area (Å²) in [6.07, 6.45) is 0.709. The van der Waals surface area contributed by atoms with E-state index in [4.69, 9.17) is 0 Å². The highest BCUT2D eigenvalue weighted by molar-refractivity contribution is 7.93. The summed E-state index contributed by atoms with van der Waals surface area (Å²) >= 11 is 1.18. The van der Waals surface area contributed by atoms with E-state index in [0.29, 0.717) is 24.5 Å². The van der Waals surface area contributed by atoms with Crippen LogP contribution >= 0.6 is 11.3 Å². The van der Waals surface area contributed by atoms with Gasteiger partial charge in [-0.1, -0.05) is 17.4 Å². The van der Waals surface area contributed by atoms with Gasteiger partial charge in [-0.2, -0.15) is 0 Å². The number of rotatable bonds is 5. The summed E-state index contributed by atoms with van der Waals surface area (Å²) < 4.78 is 27.7. The highest BCUT2D eigenvalue weighted by Gasteiger charge is 2.25. The molecule has 1 aliphatic heterocycles. The highest BCUT2D eigenvalue weighted by atomic mass is 32.2. The summed E-state index contributed by atoms with van der Waals surface area (Å²) in [5, 5.41) is 11.5. The van der Waals surface area contributed by atoms with Crippen molar-refractivity contribution in [2.45, 2.75) is 37.8 Å². The number of sulfonamides is 1. The predicted octanol–water partition coefficient (Wildman–Crippen LogP) is 1.14. The number of benzene rings is 1. The van der Waals surface area contributed by atoms with Crippen LogP contribution < -0.4 is 10.0 Å². The SMILES string of the molecule is CN[C@@H](C)C(=O)N1CCc2ccc(S(=O)(=O)Nc3nnc(C)s3)cc2C1. The molecule has 0 spiro atoms. The molecule has 0 fully saturated rings. The molecule has 1 atom stereocenters. The van der Waals surface area contributed by atoms with Crippen molar-refractivity contribution in [2.24, 2.45) is 0 Å². The monoisotopic (exact) mass is 395 g/mol. The molecule has 8 nitrogen and oxygen atoms in total. The molecule has 3 rings (SSSR count). The number of hydrogen-bond donors (Lipinski definition) is 2. The van der Waals surface area contributed by atoms with Gasteiger partial charge in [-0.3, -0.25) is 9.52 Å². The molecular formula is C16H21N5O3S2. The Hall–Kier alpha value is -2.04. The van der Waals surface area contributed by atoms with Crippen molar-refractivity contribution < 1.29 is 13.2 Å². The maximum absolute atomic E-state index is 12.6. The molecule has 1 aliphatic rings.